The van der Waals surface area contributed by atoms with Crippen molar-refractivity contribution in [2.45, 2.75) is 18.9 Å². The quantitative estimate of drug-likeness (QED) is 0.792. The number of oxazole rings is 1. The molecule has 1 aliphatic rings. The van der Waals surface area contributed by atoms with Crippen LogP contribution in [0.1, 0.15) is 12.8 Å². The van der Waals surface area contributed by atoms with Gasteiger partial charge in [0.2, 0.25) is 0 Å². The Morgan fingerprint density at radius 3 is 2.94 bits per heavy atom. The van der Waals surface area contributed by atoms with E-state index in [0.29, 0.717) is 17.7 Å². The van der Waals surface area contributed by atoms with Gasteiger partial charge in [-0.05, 0) is 51.2 Å². The van der Waals surface area contributed by atoms with Crippen molar-refractivity contribution in [2.24, 2.45) is 0 Å². The van der Waals surface area contributed by atoms with Crippen molar-refractivity contribution >= 4 is 22.8 Å². The normalized spacial score (nSPS) is 18.3. The zero-order chi connectivity index (χ0) is 12.5. The number of rotatable bonds is 2. The predicted molar refractivity (Wildman–Crippen MR) is 72.6 cm³/mol. The van der Waals surface area contributed by atoms with Crippen LogP contribution in [0.15, 0.2) is 22.6 Å². The Balaban J connectivity index is 1.74. The topological polar surface area (TPSA) is 67.3 Å². The molecule has 1 fully saturated rings. The lowest BCUT2D eigenvalue weighted by Crippen LogP contribution is -2.36. The number of nitrogens with one attached hydrogen (secondary N) is 1. The lowest BCUT2D eigenvalue weighted by molar-refractivity contribution is 0.262. The molecule has 3 N–H and O–H groups in total. The van der Waals surface area contributed by atoms with Crippen LogP contribution in [0.2, 0.25) is 0 Å². The van der Waals surface area contributed by atoms with Crippen LogP contribution in [-0.4, -0.2) is 36.1 Å². The number of hydrogen-bond acceptors (Lipinski definition) is 5. The number of anilines is 2. The van der Waals surface area contributed by atoms with Crippen LogP contribution in [0.5, 0.6) is 0 Å². The van der Waals surface area contributed by atoms with Crippen molar-refractivity contribution < 1.29 is 4.42 Å². The summed E-state index contributed by atoms with van der Waals surface area (Å²) in [6.07, 6.45) is 2.24. The van der Waals surface area contributed by atoms with Crippen LogP contribution in [0.4, 0.5) is 11.7 Å². The molecule has 5 nitrogen and oxygen atoms in total. The van der Waals surface area contributed by atoms with Gasteiger partial charge in [-0.15, -0.1) is 0 Å². The van der Waals surface area contributed by atoms with E-state index in [1.165, 1.54) is 0 Å². The molecule has 0 saturated carbocycles. The van der Waals surface area contributed by atoms with Crippen molar-refractivity contribution in [3.05, 3.63) is 18.2 Å². The van der Waals surface area contributed by atoms with Crippen LogP contribution in [-0.2, 0) is 0 Å². The molecule has 18 heavy (non-hydrogen) atoms. The third-order valence-electron chi connectivity index (χ3n) is 3.46. The SMILES string of the molecule is CN1CCC(Nc2nc3cc(N)ccc3o2)CC1. The van der Waals surface area contributed by atoms with E-state index in [1.807, 2.05) is 18.2 Å². The molecule has 3 rings (SSSR count). The number of nitrogen functional groups attached to an aromatic ring is 1. The summed E-state index contributed by atoms with van der Waals surface area (Å²) in [5.74, 6) is 0. The minimum absolute atomic E-state index is 0.451. The number of nitrogens with zero attached hydrogens (tertiary/aromatic N) is 2. The maximum absolute atomic E-state index is 5.73. The first-order valence-corrected chi connectivity index (χ1v) is 6.32. The average Bonchev–Trinajstić information content (AvgIpc) is 2.73. The summed E-state index contributed by atoms with van der Waals surface area (Å²) < 4.78 is 5.66. The third-order valence-corrected chi connectivity index (χ3v) is 3.46. The highest BCUT2D eigenvalue weighted by molar-refractivity contribution is 5.78. The third kappa shape index (κ3) is 2.26. The molecule has 0 amide bonds. The highest BCUT2D eigenvalue weighted by Crippen LogP contribution is 2.22. The Hall–Kier alpha value is -1.75. The Kier molecular flexibility index (Phi) is 2.83. The van der Waals surface area contributed by atoms with Crippen molar-refractivity contribution in [1.82, 2.24) is 9.88 Å². The summed E-state index contributed by atoms with van der Waals surface area (Å²) >= 11 is 0. The number of likely N-dealkylation sites (tertiary alicyclic amines) is 1. The molecule has 2 aromatic rings. The van der Waals surface area contributed by atoms with E-state index in [2.05, 4.69) is 22.2 Å². The summed E-state index contributed by atoms with van der Waals surface area (Å²) in [6.45, 7) is 2.23. The molecule has 0 unspecified atom stereocenters. The van der Waals surface area contributed by atoms with E-state index in [9.17, 15) is 0 Å². The van der Waals surface area contributed by atoms with E-state index < -0.39 is 0 Å². The standard InChI is InChI=1S/C13H18N4O/c1-17-6-4-10(5-7-17)15-13-16-11-8-9(14)2-3-12(11)18-13/h2-3,8,10H,4-7,14H2,1H3,(H,15,16). The first-order valence-electron chi connectivity index (χ1n) is 6.32. The van der Waals surface area contributed by atoms with E-state index in [-0.39, 0.29) is 0 Å². The molecule has 2 heterocycles. The Morgan fingerprint density at radius 1 is 1.39 bits per heavy atom. The van der Waals surface area contributed by atoms with Gasteiger partial charge in [-0.2, -0.15) is 4.98 Å². The molecule has 0 bridgehead atoms. The highest BCUT2D eigenvalue weighted by atomic mass is 16.4. The fourth-order valence-corrected chi connectivity index (χ4v) is 2.33. The van der Waals surface area contributed by atoms with Gasteiger partial charge >= 0.3 is 0 Å². The molecule has 5 heteroatoms. The van der Waals surface area contributed by atoms with Crippen molar-refractivity contribution in [2.75, 3.05) is 31.2 Å². The number of aromatic nitrogens is 1. The van der Waals surface area contributed by atoms with Crippen LogP contribution in [0.25, 0.3) is 11.1 Å². The molecule has 1 saturated heterocycles. The molecular weight excluding hydrogens is 228 g/mol. The van der Waals surface area contributed by atoms with E-state index >= 15 is 0 Å². The number of fused-ring (bicyclic) bond motifs is 1. The Bertz CT molecular complexity index is 543. The summed E-state index contributed by atoms with van der Waals surface area (Å²) in [7, 11) is 2.15. The molecular formula is C13H18N4O. The molecule has 1 aliphatic heterocycles. The van der Waals surface area contributed by atoms with Gasteiger partial charge in [-0.1, -0.05) is 0 Å². The van der Waals surface area contributed by atoms with Gasteiger partial charge in [-0.3, -0.25) is 0 Å². The maximum Gasteiger partial charge on any atom is 0.295 e. The van der Waals surface area contributed by atoms with Gasteiger partial charge in [0, 0.05) is 11.7 Å². The minimum Gasteiger partial charge on any atom is -0.424 e. The van der Waals surface area contributed by atoms with Gasteiger partial charge in [0.1, 0.15) is 5.52 Å². The van der Waals surface area contributed by atoms with Crippen LogP contribution in [0.3, 0.4) is 0 Å². The number of nitrogens with two attached hydrogens (primary N) is 1. The summed E-state index contributed by atoms with van der Waals surface area (Å²) in [6, 6.07) is 6.57. The van der Waals surface area contributed by atoms with Crippen LogP contribution in [0, 0.1) is 0 Å². The molecule has 0 radical (unpaired) electrons. The van der Waals surface area contributed by atoms with Gasteiger partial charge in [-0.25, -0.2) is 0 Å². The molecule has 0 aliphatic carbocycles. The lowest BCUT2D eigenvalue weighted by Gasteiger charge is -2.28. The van der Waals surface area contributed by atoms with E-state index in [0.717, 1.165) is 37.0 Å². The van der Waals surface area contributed by atoms with E-state index in [1.54, 1.807) is 0 Å². The van der Waals surface area contributed by atoms with Crippen molar-refractivity contribution in [3.8, 4) is 0 Å². The van der Waals surface area contributed by atoms with Crippen LogP contribution >= 0.6 is 0 Å². The second-order valence-corrected chi connectivity index (χ2v) is 4.97. The second kappa shape index (κ2) is 4.49. The first kappa shape index (κ1) is 11.3. The average molecular weight is 246 g/mol. The zero-order valence-electron chi connectivity index (χ0n) is 10.5. The second-order valence-electron chi connectivity index (χ2n) is 4.97. The van der Waals surface area contributed by atoms with Gasteiger partial charge < -0.3 is 20.4 Å². The van der Waals surface area contributed by atoms with Gasteiger partial charge in [0.25, 0.3) is 6.01 Å². The molecule has 1 aromatic heterocycles. The molecule has 0 atom stereocenters. The summed E-state index contributed by atoms with van der Waals surface area (Å²) in [5.41, 5.74) is 8.02. The number of hydrogen-bond donors (Lipinski definition) is 2. The largest absolute Gasteiger partial charge is 0.424 e. The fourth-order valence-electron chi connectivity index (χ4n) is 2.33. The Labute approximate surface area is 106 Å². The van der Waals surface area contributed by atoms with Gasteiger partial charge in [0.15, 0.2) is 5.58 Å². The number of benzene rings is 1. The number of piperidine rings is 1. The summed E-state index contributed by atoms with van der Waals surface area (Å²) in [5, 5.41) is 3.37. The lowest BCUT2D eigenvalue weighted by atomic mass is 10.1. The fraction of sp³-hybridized carbons (Fsp3) is 0.462. The van der Waals surface area contributed by atoms with Gasteiger partial charge in [0.05, 0.1) is 0 Å². The Morgan fingerprint density at radius 2 is 2.17 bits per heavy atom. The van der Waals surface area contributed by atoms with Crippen LogP contribution < -0.4 is 11.1 Å². The predicted octanol–water partition coefficient (Wildman–Crippen LogP) is 1.92. The van der Waals surface area contributed by atoms with E-state index in [4.69, 9.17) is 10.2 Å². The highest BCUT2D eigenvalue weighted by Gasteiger charge is 2.18. The van der Waals surface area contributed by atoms with Crippen molar-refractivity contribution in [3.63, 3.8) is 0 Å². The monoisotopic (exact) mass is 246 g/mol. The van der Waals surface area contributed by atoms with Crippen molar-refractivity contribution in [1.29, 1.82) is 0 Å². The molecule has 0 spiro atoms. The molecule has 96 valence electrons. The minimum atomic E-state index is 0.451. The maximum atomic E-state index is 5.73. The first-order chi connectivity index (χ1) is 8.70. The zero-order valence-corrected chi connectivity index (χ0v) is 10.5. The molecule has 1 aromatic carbocycles. The smallest absolute Gasteiger partial charge is 0.295 e. The summed E-state index contributed by atoms with van der Waals surface area (Å²) in [4.78, 5) is 6.75.